The van der Waals surface area contributed by atoms with Crippen LogP contribution in [0, 0.1) is 6.92 Å². The number of ether oxygens (including phenoxy) is 1. The van der Waals surface area contributed by atoms with Gasteiger partial charge in [0, 0.05) is 17.8 Å². The Bertz CT molecular complexity index is 992. The minimum Gasteiger partial charge on any atom is -0.462 e. The van der Waals surface area contributed by atoms with E-state index >= 15 is 0 Å². The van der Waals surface area contributed by atoms with E-state index in [0.29, 0.717) is 5.56 Å². The number of esters is 1. The Balaban J connectivity index is 2.11. The summed E-state index contributed by atoms with van der Waals surface area (Å²) in [6.07, 6.45) is 1.61. The van der Waals surface area contributed by atoms with E-state index in [9.17, 15) is 9.59 Å². The van der Waals surface area contributed by atoms with Crippen LogP contribution >= 0.6 is 0 Å². The third-order valence-corrected chi connectivity index (χ3v) is 4.47. The van der Waals surface area contributed by atoms with Crippen molar-refractivity contribution in [2.75, 3.05) is 11.5 Å². The summed E-state index contributed by atoms with van der Waals surface area (Å²) in [6, 6.07) is 16.6. The van der Waals surface area contributed by atoms with Gasteiger partial charge in [-0.3, -0.25) is 9.69 Å². The molecule has 0 aliphatic rings. The first kappa shape index (κ1) is 20.3. The summed E-state index contributed by atoms with van der Waals surface area (Å²) in [5.41, 5.74) is 2.65. The summed E-state index contributed by atoms with van der Waals surface area (Å²) in [5, 5.41) is 4.59. The highest BCUT2D eigenvalue weighted by molar-refractivity contribution is 6.09. The molecule has 0 saturated carbocycles. The standard InChI is InChI=1S/C23H25N3O3/c1-5-29-23(28)20-15-25(19-9-7-6-8-10-19)24-21(20)26(16(2)3)22(27)18-13-11-17(4)12-14-18/h6-16H,5H2,1-4H3. The smallest absolute Gasteiger partial charge is 0.343 e. The van der Waals surface area contributed by atoms with E-state index in [1.807, 2.05) is 63.2 Å². The normalized spacial score (nSPS) is 10.8. The number of hydrogen-bond donors (Lipinski definition) is 0. The van der Waals surface area contributed by atoms with Gasteiger partial charge in [-0.1, -0.05) is 35.9 Å². The highest BCUT2D eigenvalue weighted by Crippen LogP contribution is 2.26. The molecule has 0 aliphatic heterocycles. The number of carbonyl (C=O) groups is 2. The maximum atomic E-state index is 13.3. The van der Waals surface area contributed by atoms with E-state index in [2.05, 4.69) is 5.10 Å². The number of anilines is 1. The van der Waals surface area contributed by atoms with Crippen LogP contribution in [0.25, 0.3) is 5.69 Å². The lowest BCUT2D eigenvalue weighted by molar-refractivity contribution is 0.0527. The zero-order chi connectivity index (χ0) is 21.0. The van der Waals surface area contributed by atoms with Crippen LogP contribution < -0.4 is 4.90 Å². The Morgan fingerprint density at radius 2 is 1.72 bits per heavy atom. The first-order valence-corrected chi connectivity index (χ1v) is 9.64. The van der Waals surface area contributed by atoms with Crippen LogP contribution in [-0.4, -0.2) is 34.3 Å². The van der Waals surface area contributed by atoms with Crippen molar-refractivity contribution in [3.63, 3.8) is 0 Å². The van der Waals surface area contributed by atoms with Crippen molar-refractivity contribution < 1.29 is 14.3 Å². The van der Waals surface area contributed by atoms with Crippen LogP contribution in [-0.2, 0) is 4.74 Å². The fourth-order valence-corrected chi connectivity index (χ4v) is 3.02. The molecule has 0 fully saturated rings. The fourth-order valence-electron chi connectivity index (χ4n) is 3.02. The third kappa shape index (κ3) is 4.37. The number of nitrogens with zero attached hydrogens (tertiary/aromatic N) is 3. The molecule has 0 radical (unpaired) electrons. The average Bonchev–Trinajstić information content (AvgIpc) is 3.14. The molecule has 0 unspecified atom stereocenters. The van der Waals surface area contributed by atoms with Crippen molar-refractivity contribution in [3.05, 3.63) is 77.5 Å². The number of amides is 1. The van der Waals surface area contributed by atoms with Crippen molar-refractivity contribution in [1.82, 2.24) is 9.78 Å². The molecule has 0 bridgehead atoms. The maximum absolute atomic E-state index is 13.3. The second kappa shape index (κ2) is 8.73. The summed E-state index contributed by atoms with van der Waals surface area (Å²) in [7, 11) is 0. The molecule has 6 nitrogen and oxygen atoms in total. The number of para-hydroxylation sites is 1. The van der Waals surface area contributed by atoms with Gasteiger partial charge in [-0.2, -0.15) is 0 Å². The summed E-state index contributed by atoms with van der Waals surface area (Å²) >= 11 is 0. The van der Waals surface area contributed by atoms with Gasteiger partial charge in [0.25, 0.3) is 5.91 Å². The highest BCUT2D eigenvalue weighted by atomic mass is 16.5. The number of aryl methyl sites for hydroxylation is 1. The topological polar surface area (TPSA) is 64.4 Å². The third-order valence-electron chi connectivity index (χ3n) is 4.47. The average molecular weight is 391 g/mol. The summed E-state index contributed by atoms with van der Waals surface area (Å²) in [5.74, 6) is -0.441. The second-order valence-corrected chi connectivity index (χ2v) is 7.00. The Kier molecular flexibility index (Phi) is 6.12. The molecule has 29 heavy (non-hydrogen) atoms. The van der Waals surface area contributed by atoms with E-state index in [-0.39, 0.29) is 29.9 Å². The van der Waals surface area contributed by atoms with Gasteiger partial charge in [-0.25, -0.2) is 9.48 Å². The molecule has 0 N–H and O–H groups in total. The van der Waals surface area contributed by atoms with Crippen molar-refractivity contribution in [2.24, 2.45) is 0 Å². The summed E-state index contributed by atoms with van der Waals surface area (Å²) in [4.78, 5) is 27.5. The number of aromatic nitrogens is 2. The summed E-state index contributed by atoms with van der Waals surface area (Å²) < 4.78 is 6.82. The molecule has 3 aromatic rings. The largest absolute Gasteiger partial charge is 0.462 e. The first-order valence-electron chi connectivity index (χ1n) is 9.64. The van der Waals surface area contributed by atoms with E-state index in [4.69, 9.17) is 4.74 Å². The van der Waals surface area contributed by atoms with Crippen molar-refractivity contribution in [2.45, 2.75) is 33.7 Å². The van der Waals surface area contributed by atoms with Crippen LogP contribution in [0.2, 0.25) is 0 Å². The minimum atomic E-state index is -0.507. The van der Waals surface area contributed by atoms with E-state index in [1.165, 1.54) is 4.90 Å². The van der Waals surface area contributed by atoms with Crippen molar-refractivity contribution in [1.29, 1.82) is 0 Å². The molecular formula is C23H25N3O3. The number of rotatable bonds is 6. The zero-order valence-corrected chi connectivity index (χ0v) is 17.1. The highest BCUT2D eigenvalue weighted by Gasteiger charge is 2.29. The predicted octanol–water partition coefficient (Wildman–Crippen LogP) is 4.41. The molecule has 0 spiro atoms. The van der Waals surface area contributed by atoms with E-state index in [1.54, 1.807) is 29.9 Å². The predicted molar refractivity (Wildman–Crippen MR) is 113 cm³/mol. The Hall–Kier alpha value is -3.41. The first-order chi connectivity index (χ1) is 13.9. The van der Waals surface area contributed by atoms with E-state index in [0.717, 1.165) is 11.3 Å². The second-order valence-electron chi connectivity index (χ2n) is 7.00. The summed E-state index contributed by atoms with van der Waals surface area (Å²) in [6.45, 7) is 7.74. The number of carbonyl (C=O) groups excluding carboxylic acids is 2. The molecule has 1 amide bonds. The molecule has 3 rings (SSSR count). The van der Waals surface area contributed by atoms with Gasteiger partial charge in [0.1, 0.15) is 5.56 Å². The molecule has 1 aromatic heterocycles. The van der Waals surface area contributed by atoms with E-state index < -0.39 is 5.97 Å². The number of hydrogen-bond acceptors (Lipinski definition) is 4. The monoisotopic (exact) mass is 391 g/mol. The lowest BCUT2D eigenvalue weighted by Gasteiger charge is -2.25. The van der Waals surface area contributed by atoms with Crippen LogP contribution in [0.4, 0.5) is 5.82 Å². The van der Waals surface area contributed by atoms with Crippen LogP contribution in [0.5, 0.6) is 0 Å². The molecule has 0 aliphatic carbocycles. The lowest BCUT2D eigenvalue weighted by Crippen LogP contribution is -2.38. The van der Waals surface area contributed by atoms with Crippen molar-refractivity contribution >= 4 is 17.7 Å². The van der Waals surface area contributed by atoms with Gasteiger partial charge in [-0.15, -0.1) is 5.10 Å². The van der Waals surface area contributed by atoms with Crippen LogP contribution in [0.15, 0.2) is 60.8 Å². The lowest BCUT2D eigenvalue weighted by atomic mass is 10.1. The van der Waals surface area contributed by atoms with Crippen LogP contribution in [0.1, 0.15) is 47.1 Å². The van der Waals surface area contributed by atoms with Gasteiger partial charge >= 0.3 is 5.97 Å². The van der Waals surface area contributed by atoms with Gasteiger partial charge in [0.05, 0.1) is 12.3 Å². The van der Waals surface area contributed by atoms with Gasteiger partial charge in [0.15, 0.2) is 5.82 Å². The Morgan fingerprint density at radius 1 is 1.07 bits per heavy atom. The SMILES string of the molecule is CCOC(=O)c1cn(-c2ccccc2)nc1N(C(=O)c1ccc(C)cc1)C(C)C. The zero-order valence-electron chi connectivity index (χ0n) is 17.1. The molecule has 6 heteroatoms. The molecule has 1 heterocycles. The van der Waals surface area contributed by atoms with Gasteiger partial charge in [-0.05, 0) is 52.0 Å². The molecule has 0 atom stereocenters. The molecule has 150 valence electrons. The van der Waals surface area contributed by atoms with Crippen LogP contribution in [0.3, 0.4) is 0 Å². The number of benzene rings is 2. The molecule has 2 aromatic carbocycles. The minimum absolute atomic E-state index is 0.212. The Morgan fingerprint density at radius 3 is 2.31 bits per heavy atom. The van der Waals surface area contributed by atoms with Gasteiger partial charge < -0.3 is 4.74 Å². The molecule has 0 saturated heterocycles. The van der Waals surface area contributed by atoms with Gasteiger partial charge in [0.2, 0.25) is 0 Å². The Labute approximate surface area is 170 Å². The fraction of sp³-hybridized carbons (Fsp3) is 0.261. The maximum Gasteiger partial charge on any atom is 0.343 e. The quantitative estimate of drug-likeness (QED) is 0.584. The molecular weight excluding hydrogens is 366 g/mol. The van der Waals surface area contributed by atoms with Crippen molar-refractivity contribution in [3.8, 4) is 5.69 Å².